The number of anilines is 1. The second-order valence-corrected chi connectivity index (χ2v) is 5.59. The molecule has 0 aliphatic heterocycles. The highest BCUT2D eigenvalue weighted by Crippen LogP contribution is 2.24. The predicted octanol–water partition coefficient (Wildman–Crippen LogP) is 5.48. The molecule has 0 spiro atoms. The first-order valence-electron chi connectivity index (χ1n) is 7.13. The second-order valence-electron chi connectivity index (χ2n) is 4.78. The van der Waals surface area contributed by atoms with Gasteiger partial charge in [-0.05, 0) is 24.6 Å². The van der Waals surface area contributed by atoms with Gasteiger partial charge in [0.1, 0.15) is 0 Å². The van der Waals surface area contributed by atoms with Gasteiger partial charge in [0.25, 0.3) is 0 Å². The van der Waals surface area contributed by atoms with Crippen LogP contribution < -0.4 is 10.6 Å². The maximum Gasteiger partial charge on any atom is 0.319 e. The van der Waals surface area contributed by atoms with Gasteiger partial charge in [-0.25, -0.2) is 4.79 Å². The number of halogens is 2. The molecule has 2 amide bonds. The van der Waals surface area contributed by atoms with Crippen molar-refractivity contribution in [3.05, 3.63) is 28.2 Å². The van der Waals surface area contributed by atoms with Crippen LogP contribution in [0.2, 0.25) is 10.0 Å². The molecule has 0 atom stereocenters. The zero-order valence-corrected chi connectivity index (χ0v) is 13.4. The smallest absolute Gasteiger partial charge is 0.319 e. The monoisotopic (exact) mass is 316 g/mol. The molecule has 5 heteroatoms. The van der Waals surface area contributed by atoms with Crippen molar-refractivity contribution in [2.75, 3.05) is 11.9 Å². The summed E-state index contributed by atoms with van der Waals surface area (Å²) in [6.07, 6.45) is 7.25. The van der Waals surface area contributed by atoms with Gasteiger partial charge in [-0.15, -0.1) is 0 Å². The largest absolute Gasteiger partial charge is 0.338 e. The Hall–Kier alpha value is -0.930. The highest BCUT2D eigenvalue weighted by molar-refractivity contribution is 6.42. The van der Waals surface area contributed by atoms with Gasteiger partial charge in [0.05, 0.1) is 10.0 Å². The van der Waals surface area contributed by atoms with Crippen LogP contribution in [-0.4, -0.2) is 12.6 Å². The molecule has 0 aromatic heterocycles. The molecule has 0 saturated heterocycles. The molecule has 1 aromatic rings. The quantitative estimate of drug-likeness (QED) is 0.613. The number of benzene rings is 1. The molecule has 1 rings (SSSR count). The Bertz CT molecular complexity index is 424. The van der Waals surface area contributed by atoms with E-state index in [0.717, 1.165) is 12.8 Å². The van der Waals surface area contributed by atoms with Crippen molar-refractivity contribution in [1.82, 2.24) is 5.32 Å². The zero-order chi connectivity index (χ0) is 14.8. The summed E-state index contributed by atoms with van der Waals surface area (Å²) in [7, 11) is 0. The van der Waals surface area contributed by atoms with Gasteiger partial charge in [0, 0.05) is 12.2 Å². The first kappa shape index (κ1) is 17.1. The number of amides is 2. The first-order valence-corrected chi connectivity index (χ1v) is 7.89. The van der Waals surface area contributed by atoms with Gasteiger partial charge in [-0.2, -0.15) is 0 Å². The minimum Gasteiger partial charge on any atom is -0.338 e. The van der Waals surface area contributed by atoms with Crippen LogP contribution in [0.4, 0.5) is 10.5 Å². The molecule has 0 radical (unpaired) electrons. The van der Waals surface area contributed by atoms with Gasteiger partial charge in [-0.3, -0.25) is 0 Å². The molecule has 0 bridgehead atoms. The summed E-state index contributed by atoms with van der Waals surface area (Å²) in [5.74, 6) is 0. The lowest BCUT2D eigenvalue weighted by atomic mass is 10.1. The third-order valence-electron chi connectivity index (χ3n) is 2.99. The number of nitrogens with one attached hydrogen (secondary N) is 2. The highest BCUT2D eigenvalue weighted by Gasteiger charge is 2.03. The van der Waals surface area contributed by atoms with E-state index in [1.165, 1.54) is 25.7 Å². The van der Waals surface area contributed by atoms with Crippen LogP contribution >= 0.6 is 23.2 Å². The molecule has 112 valence electrons. The number of urea groups is 1. The number of hydrogen-bond acceptors (Lipinski definition) is 1. The van der Waals surface area contributed by atoms with E-state index < -0.39 is 0 Å². The summed E-state index contributed by atoms with van der Waals surface area (Å²) in [5, 5.41) is 6.47. The number of rotatable bonds is 8. The molecule has 0 saturated carbocycles. The zero-order valence-electron chi connectivity index (χ0n) is 11.8. The molecule has 3 nitrogen and oxygen atoms in total. The van der Waals surface area contributed by atoms with Crippen LogP contribution in [0.15, 0.2) is 18.2 Å². The maximum atomic E-state index is 11.6. The topological polar surface area (TPSA) is 41.1 Å². The lowest BCUT2D eigenvalue weighted by Gasteiger charge is -2.08. The first-order chi connectivity index (χ1) is 9.63. The Kier molecular flexibility index (Phi) is 8.47. The fourth-order valence-corrected chi connectivity index (χ4v) is 2.15. The van der Waals surface area contributed by atoms with Crippen LogP contribution in [0.3, 0.4) is 0 Å². The summed E-state index contributed by atoms with van der Waals surface area (Å²) in [5.41, 5.74) is 0.639. The van der Waals surface area contributed by atoms with E-state index in [2.05, 4.69) is 17.6 Å². The molecule has 2 N–H and O–H groups in total. The Morgan fingerprint density at radius 3 is 2.45 bits per heavy atom. The third kappa shape index (κ3) is 7.01. The Morgan fingerprint density at radius 2 is 1.75 bits per heavy atom. The van der Waals surface area contributed by atoms with Gasteiger partial charge in [0.2, 0.25) is 0 Å². The SMILES string of the molecule is CCCCCCCCNC(=O)Nc1ccc(Cl)c(Cl)c1. The molecule has 0 heterocycles. The maximum absolute atomic E-state index is 11.6. The minimum atomic E-state index is -0.211. The van der Waals surface area contributed by atoms with Crippen LogP contribution in [-0.2, 0) is 0 Å². The number of carbonyl (C=O) groups is 1. The summed E-state index contributed by atoms with van der Waals surface area (Å²) in [4.78, 5) is 11.6. The average Bonchev–Trinajstić information content (AvgIpc) is 2.42. The average molecular weight is 317 g/mol. The van der Waals surface area contributed by atoms with Crippen molar-refractivity contribution in [1.29, 1.82) is 0 Å². The van der Waals surface area contributed by atoms with E-state index in [1.807, 2.05) is 0 Å². The molecule has 20 heavy (non-hydrogen) atoms. The lowest BCUT2D eigenvalue weighted by Crippen LogP contribution is -2.29. The standard InChI is InChI=1S/C15H22Cl2N2O/c1-2-3-4-5-6-7-10-18-15(20)19-12-8-9-13(16)14(17)11-12/h8-9,11H,2-7,10H2,1H3,(H2,18,19,20). The third-order valence-corrected chi connectivity index (χ3v) is 3.73. The van der Waals surface area contributed by atoms with Gasteiger partial charge in [-0.1, -0.05) is 62.2 Å². The number of hydrogen-bond donors (Lipinski definition) is 2. The molecule has 1 aromatic carbocycles. The molecule has 0 unspecified atom stereocenters. The summed E-state index contributed by atoms with van der Waals surface area (Å²) in [6, 6.07) is 4.80. The van der Waals surface area contributed by atoms with Crippen molar-refractivity contribution in [3.63, 3.8) is 0 Å². The van der Waals surface area contributed by atoms with Crippen molar-refractivity contribution < 1.29 is 4.79 Å². The molecule has 0 aliphatic rings. The van der Waals surface area contributed by atoms with Crippen molar-refractivity contribution in [2.24, 2.45) is 0 Å². The van der Waals surface area contributed by atoms with E-state index in [0.29, 0.717) is 22.3 Å². The van der Waals surface area contributed by atoms with E-state index >= 15 is 0 Å². The number of unbranched alkanes of at least 4 members (excludes halogenated alkanes) is 5. The van der Waals surface area contributed by atoms with Crippen molar-refractivity contribution in [2.45, 2.75) is 45.4 Å². The highest BCUT2D eigenvalue weighted by atomic mass is 35.5. The molecular weight excluding hydrogens is 295 g/mol. The summed E-state index contributed by atoms with van der Waals surface area (Å²) in [6.45, 7) is 2.90. The Labute approximate surface area is 131 Å². The Balaban J connectivity index is 2.15. The van der Waals surface area contributed by atoms with Crippen molar-refractivity contribution >= 4 is 34.9 Å². The fourth-order valence-electron chi connectivity index (χ4n) is 1.86. The van der Waals surface area contributed by atoms with Crippen molar-refractivity contribution in [3.8, 4) is 0 Å². The van der Waals surface area contributed by atoms with Crippen LogP contribution in [0.5, 0.6) is 0 Å². The van der Waals surface area contributed by atoms with E-state index in [-0.39, 0.29) is 6.03 Å². The van der Waals surface area contributed by atoms with Gasteiger partial charge >= 0.3 is 6.03 Å². The second kappa shape index (κ2) is 9.89. The fraction of sp³-hybridized carbons (Fsp3) is 0.533. The van der Waals surface area contributed by atoms with Crippen LogP contribution in [0.25, 0.3) is 0 Å². The van der Waals surface area contributed by atoms with Crippen LogP contribution in [0, 0.1) is 0 Å². The van der Waals surface area contributed by atoms with E-state index in [1.54, 1.807) is 18.2 Å². The molecule has 0 fully saturated rings. The summed E-state index contributed by atoms with van der Waals surface area (Å²) < 4.78 is 0. The predicted molar refractivity (Wildman–Crippen MR) is 86.9 cm³/mol. The molecular formula is C15H22Cl2N2O. The normalized spacial score (nSPS) is 10.3. The minimum absolute atomic E-state index is 0.211. The van der Waals surface area contributed by atoms with Gasteiger partial charge < -0.3 is 10.6 Å². The van der Waals surface area contributed by atoms with E-state index in [4.69, 9.17) is 23.2 Å². The van der Waals surface area contributed by atoms with Crippen LogP contribution in [0.1, 0.15) is 45.4 Å². The lowest BCUT2D eigenvalue weighted by molar-refractivity contribution is 0.252. The summed E-state index contributed by atoms with van der Waals surface area (Å²) >= 11 is 11.7. The van der Waals surface area contributed by atoms with Gasteiger partial charge in [0.15, 0.2) is 0 Å². The Morgan fingerprint density at radius 1 is 1.05 bits per heavy atom. The number of carbonyl (C=O) groups excluding carboxylic acids is 1. The molecule has 0 aliphatic carbocycles. The van der Waals surface area contributed by atoms with E-state index in [9.17, 15) is 4.79 Å².